The topological polar surface area (TPSA) is 38.7 Å². The Bertz CT molecular complexity index is 412. The van der Waals surface area contributed by atoms with E-state index in [9.17, 15) is 13.6 Å². The molecule has 0 spiro atoms. The van der Waals surface area contributed by atoms with Gasteiger partial charge in [0.1, 0.15) is 5.75 Å². The minimum absolute atomic E-state index is 0.0432. The maximum atomic E-state index is 12.0. The lowest BCUT2D eigenvalue weighted by Gasteiger charge is -2.18. The van der Waals surface area contributed by atoms with Crippen molar-refractivity contribution < 1.29 is 18.3 Å². The third-order valence-electron chi connectivity index (χ3n) is 2.09. The molecule has 0 amide bonds. The van der Waals surface area contributed by atoms with Gasteiger partial charge in [-0.05, 0) is 31.5 Å². The van der Waals surface area contributed by atoms with Gasteiger partial charge in [-0.2, -0.15) is 13.8 Å². The predicted octanol–water partition coefficient (Wildman–Crippen LogP) is 2.86. The van der Waals surface area contributed by atoms with Gasteiger partial charge in [-0.1, -0.05) is 12.1 Å². The van der Waals surface area contributed by atoms with Gasteiger partial charge >= 0.3 is 6.61 Å². The van der Waals surface area contributed by atoms with Crippen LogP contribution in [0.5, 0.6) is 5.75 Å². The van der Waals surface area contributed by atoms with Gasteiger partial charge in [0.05, 0.1) is 5.54 Å². The minimum atomic E-state index is -2.87. The molecule has 0 unspecified atom stereocenters. The molecule has 0 atom stereocenters. The monoisotopic (exact) mass is 227 g/mol. The number of alkyl halides is 2. The van der Waals surface area contributed by atoms with Crippen molar-refractivity contribution in [3.8, 4) is 5.75 Å². The van der Waals surface area contributed by atoms with Gasteiger partial charge in [0, 0.05) is 0 Å². The summed E-state index contributed by atoms with van der Waals surface area (Å²) < 4.78 is 28.2. The van der Waals surface area contributed by atoms with Crippen LogP contribution in [-0.4, -0.2) is 12.7 Å². The molecule has 86 valence electrons. The second-order valence-electron chi connectivity index (χ2n) is 3.67. The normalized spacial score (nSPS) is 11.1. The molecule has 0 aliphatic rings. The van der Waals surface area contributed by atoms with Crippen molar-refractivity contribution in [3.63, 3.8) is 0 Å². The Kier molecular flexibility index (Phi) is 3.74. The molecule has 0 N–H and O–H groups in total. The second kappa shape index (κ2) is 4.86. The van der Waals surface area contributed by atoms with Crippen LogP contribution in [0.25, 0.3) is 0 Å². The predicted molar refractivity (Wildman–Crippen MR) is 54.2 cm³/mol. The van der Waals surface area contributed by atoms with Gasteiger partial charge < -0.3 is 4.74 Å². The molecule has 0 aromatic heterocycles. The first-order valence-electron chi connectivity index (χ1n) is 4.60. The number of rotatable bonds is 4. The van der Waals surface area contributed by atoms with E-state index >= 15 is 0 Å². The van der Waals surface area contributed by atoms with Crippen LogP contribution in [-0.2, 0) is 10.3 Å². The van der Waals surface area contributed by atoms with Crippen LogP contribution in [0.1, 0.15) is 19.4 Å². The number of ether oxygens (including phenoxy) is 1. The Morgan fingerprint density at radius 1 is 1.44 bits per heavy atom. The van der Waals surface area contributed by atoms with Crippen molar-refractivity contribution in [3.05, 3.63) is 29.8 Å². The first-order valence-corrected chi connectivity index (χ1v) is 4.60. The molecule has 16 heavy (non-hydrogen) atoms. The first-order chi connectivity index (χ1) is 7.45. The Morgan fingerprint density at radius 3 is 2.69 bits per heavy atom. The highest BCUT2D eigenvalue weighted by atomic mass is 19.3. The molecule has 0 heterocycles. The Labute approximate surface area is 91.8 Å². The van der Waals surface area contributed by atoms with Crippen LogP contribution in [0.3, 0.4) is 0 Å². The molecular weight excluding hydrogens is 216 g/mol. The Hall–Kier alpha value is -1.74. The molecule has 0 fully saturated rings. The van der Waals surface area contributed by atoms with Crippen LogP contribution >= 0.6 is 0 Å². The van der Waals surface area contributed by atoms with E-state index in [0.717, 1.165) is 0 Å². The molecule has 1 aromatic rings. The minimum Gasteiger partial charge on any atom is -0.435 e. The van der Waals surface area contributed by atoms with Crippen LogP contribution in [0.4, 0.5) is 8.78 Å². The molecular formula is C11H11F2NO2. The fourth-order valence-electron chi connectivity index (χ4n) is 1.23. The number of halogens is 2. The quantitative estimate of drug-likeness (QED) is 0.586. The SMILES string of the molecule is CC(C)(N=C=O)c1cccc(OC(F)F)c1. The highest BCUT2D eigenvalue weighted by Crippen LogP contribution is 2.27. The fraction of sp³-hybridized carbons (Fsp3) is 0.364. The summed E-state index contributed by atoms with van der Waals surface area (Å²) in [5.74, 6) is 0.0432. The van der Waals surface area contributed by atoms with Crippen LogP contribution in [0, 0.1) is 0 Å². The lowest BCUT2D eigenvalue weighted by atomic mass is 9.95. The molecule has 5 heteroatoms. The van der Waals surface area contributed by atoms with Gasteiger partial charge in [-0.3, -0.25) is 0 Å². The Morgan fingerprint density at radius 2 is 2.12 bits per heavy atom. The summed E-state index contributed by atoms with van der Waals surface area (Å²) in [6.45, 7) is 0.492. The van der Waals surface area contributed by atoms with E-state index in [-0.39, 0.29) is 5.75 Å². The van der Waals surface area contributed by atoms with Gasteiger partial charge in [-0.25, -0.2) is 4.79 Å². The third-order valence-corrected chi connectivity index (χ3v) is 2.09. The number of nitrogens with zero attached hydrogens (tertiary/aromatic N) is 1. The highest BCUT2D eigenvalue weighted by molar-refractivity contribution is 5.39. The second-order valence-corrected chi connectivity index (χ2v) is 3.67. The van der Waals surface area contributed by atoms with Gasteiger partial charge in [0.15, 0.2) is 0 Å². The summed E-state index contributed by atoms with van der Waals surface area (Å²) in [7, 11) is 0. The summed E-state index contributed by atoms with van der Waals surface area (Å²) in [4.78, 5) is 13.8. The van der Waals surface area contributed by atoms with Crippen molar-refractivity contribution in [2.75, 3.05) is 0 Å². The summed E-state index contributed by atoms with van der Waals surface area (Å²) in [5.41, 5.74) is -0.197. The van der Waals surface area contributed by atoms with E-state index < -0.39 is 12.2 Å². The van der Waals surface area contributed by atoms with Crippen LogP contribution in [0.2, 0.25) is 0 Å². The lowest BCUT2D eigenvalue weighted by Crippen LogP contribution is -2.13. The van der Waals surface area contributed by atoms with E-state index in [2.05, 4.69) is 9.73 Å². The average molecular weight is 227 g/mol. The van der Waals surface area contributed by atoms with Crippen molar-refractivity contribution in [1.29, 1.82) is 0 Å². The van der Waals surface area contributed by atoms with E-state index in [0.29, 0.717) is 5.56 Å². The number of carbonyl (C=O) groups excluding carboxylic acids is 1. The Balaban J connectivity index is 3.02. The van der Waals surface area contributed by atoms with Gasteiger partial charge in [-0.15, -0.1) is 0 Å². The van der Waals surface area contributed by atoms with Crippen molar-refractivity contribution in [1.82, 2.24) is 0 Å². The van der Waals surface area contributed by atoms with Crippen molar-refractivity contribution in [2.24, 2.45) is 4.99 Å². The number of hydrogen-bond donors (Lipinski definition) is 0. The standard InChI is InChI=1S/C11H11F2NO2/c1-11(2,14-7-15)8-4-3-5-9(6-8)16-10(12)13/h3-6,10H,1-2H3. The van der Waals surface area contributed by atoms with E-state index in [1.807, 2.05) is 0 Å². The molecule has 0 aliphatic carbocycles. The lowest BCUT2D eigenvalue weighted by molar-refractivity contribution is -0.0499. The van der Waals surface area contributed by atoms with Gasteiger partial charge in [0.2, 0.25) is 6.08 Å². The van der Waals surface area contributed by atoms with E-state index in [1.165, 1.54) is 18.2 Å². The maximum Gasteiger partial charge on any atom is 0.387 e. The summed E-state index contributed by atoms with van der Waals surface area (Å²) in [6, 6.07) is 6.08. The molecule has 0 bridgehead atoms. The van der Waals surface area contributed by atoms with Crippen molar-refractivity contribution in [2.45, 2.75) is 26.0 Å². The number of aliphatic imine (C=N–C) groups is 1. The molecule has 0 saturated carbocycles. The highest BCUT2D eigenvalue weighted by Gasteiger charge is 2.20. The zero-order chi connectivity index (χ0) is 12.2. The molecule has 3 nitrogen and oxygen atoms in total. The largest absolute Gasteiger partial charge is 0.435 e. The van der Waals surface area contributed by atoms with Crippen LogP contribution < -0.4 is 4.74 Å². The molecule has 1 rings (SSSR count). The fourth-order valence-corrected chi connectivity index (χ4v) is 1.23. The van der Waals surface area contributed by atoms with Gasteiger partial charge in [0.25, 0.3) is 0 Å². The number of hydrogen-bond acceptors (Lipinski definition) is 3. The van der Waals surface area contributed by atoms with E-state index in [4.69, 9.17) is 0 Å². The van der Waals surface area contributed by atoms with E-state index in [1.54, 1.807) is 26.0 Å². The smallest absolute Gasteiger partial charge is 0.387 e. The number of isocyanates is 1. The third kappa shape index (κ3) is 3.14. The summed E-state index contributed by atoms with van der Waals surface area (Å²) >= 11 is 0. The zero-order valence-corrected chi connectivity index (χ0v) is 8.91. The average Bonchev–Trinajstić information content (AvgIpc) is 2.17. The summed E-state index contributed by atoms with van der Waals surface area (Å²) in [6.07, 6.45) is 1.45. The number of benzene rings is 1. The first kappa shape index (κ1) is 12.3. The summed E-state index contributed by atoms with van der Waals surface area (Å²) in [5, 5.41) is 0. The molecule has 0 saturated heterocycles. The van der Waals surface area contributed by atoms with Crippen molar-refractivity contribution >= 4 is 6.08 Å². The maximum absolute atomic E-state index is 12.0. The molecule has 0 aliphatic heterocycles. The molecule has 0 radical (unpaired) electrons. The zero-order valence-electron chi connectivity index (χ0n) is 8.91. The van der Waals surface area contributed by atoms with Crippen LogP contribution in [0.15, 0.2) is 29.3 Å². The molecule has 1 aromatic carbocycles.